The molecule has 0 radical (unpaired) electrons. The Labute approximate surface area is 70.3 Å². The molecule has 0 aliphatic heterocycles. The van der Waals surface area contributed by atoms with Gasteiger partial charge in [-0.2, -0.15) is 4.37 Å². The Balaban J connectivity index is 2.14. The fourth-order valence-electron chi connectivity index (χ4n) is 0.680. The maximum atomic E-state index is 3.99. The van der Waals surface area contributed by atoms with Crippen LogP contribution in [0.1, 0.15) is 13.3 Å². The van der Waals surface area contributed by atoms with E-state index in [1.165, 1.54) is 11.5 Å². The zero-order chi connectivity index (χ0) is 7.94. The second kappa shape index (κ2) is 4.85. The molecular weight excluding hydrogens is 158 g/mol. The number of nitrogens with one attached hydrogen (secondary N) is 1. The number of rotatable bonds is 4. The second-order valence-corrected chi connectivity index (χ2v) is 2.81. The van der Waals surface area contributed by atoms with E-state index in [0.717, 1.165) is 18.1 Å². The largest absolute Gasteiger partial charge is 0.360 e. The van der Waals surface area contributed by atoms with Crippen molar-refractivity contribution in [1.82, 2.24) is 9.36 Å². The van der Waals surface area contributed by atoms with Gasteiger partial charge in [0.1, 0.15) is 6.33 Å². The first-order valence-corrected chi connectivity index (χ1v) is 4.32. The molecule has 0 saturated carbocycles. The van der Waals surface area contributed by atoms with Crippen LogP contribution >= 0.6 is 11.5 Å². The van der Waals surface area contributed by atoms with Gasteiger partial charge in [0.2, 0.25) is 5.13 Å². The molecule has 11 heavy (non-hydrogen) atoms. The van der Waals surface area contributed by atoms with Crippen LogP contribution < -0.4 is 5.32 Å². The standard InChI is InChI=1S/C7H11N3S/c1-2-3-4-5-8-7-9-6-10-11-7/h2-3,6H,4-5H2,1H3,(H,8,9,10)/b3-2+. The van der Waals surface area contributed by atoms with E-state index in [1.54, 1.807) is 6.33 Å². The molecule has 1 N–H and O–H groups in total. The van der Waals surface area contributed by atoms with E-state index in [-0.39, 0.29) is 0 Å². The van der Waals surface area contributed by atoms with Gasteiger partial charge < -0.3 is 5.32 Å². The van der Waals surface area contributed by atoms with E-state index >= 15 is 0 Å². The first-order chi connectivity index (χ1) is 5.43. The number of anilines is 1. The van der Waals surface area contributed by atoms with Crippen LogP contribution in [0.15, 0.2) is 18.5 Å². The summed E-state index contributed by atoms with van der Waals surface area (Å²) in [6, 6.07) is 0. The van der Waals surface area contributed by atoms with E-state index in [1.807, 2.05) is 13.0 Å². The van der Waals surface area contributed by atoms with E-state index in [2.05, 4.69) is 20.8 Å². The molecule has 0 atom stereocenters. The lowest BCUT2D eigenvalue weighted by atomic mass is 10.4. The summed E-state index contributed by atoms with van der Waals surface area (Å²) in [4.78, 5) is 3.99. The lowest BCUT2D eigenvalue weighted by molar-refractivity contribution is 1.06. The average Bonchev–Trinajstić information content (AvgIpc) is 2.50. The van der Waals surface area contributed by atoms with Crippen LogP contribution in [-0.4, -0.2) is 15.9 Å². The fraction of sp³-hybridized carbons (Fsp3) is 0.429. The number of nitrogens with zero attached hydrogens (tertiary/aromatic N) is 2. The Morgan fingerprint density at radius 1 is 1.73 bits per heavy atom. The second-order valence-electron chi connectivity index (χ2n) is 2.03. The third kappa shape index (κ3) is 3.13. The van der Waals surface area contributed by atoms with Crippen molar-refractivity contribution in [2.45, 2.75) is 13.3 Å². The van der Waals surface area contributed by atoms with Crippen molar-refractivity contribution in [3.8, 4) is 0 Å². The summed E-state index contributed by atoms with van der Waals surface area (Å²) >= 11 is 1.38. The lowest BCUT2D eigenvalue weighted by Gasteiger charge is -1.95. The molecule has 0 unspecified atom stereocenters. The quantitative estimate of drug-likeness (QED) is 0.552. The molecule has 0 aliphatic carbocycles. The molecule has 3 nitrogen and oxygen atoms in total. The van der Waals surface area contributed by atoms with Crippen LogP contribution in [0.25, 0.3) is 0 Å². The highest BCUT2D eigenvalue weighted by Crippen LogP contribution is 2.05. The molecule has 0 fully saturated rings. The molecule has 0 aliphatic rings. The minimum Gasteiger partial charge on any atom is -0.360 e. The number of aromatic nitrogens is 2. The topological polar surface area (TPSA) is 37.8 Å². The zero-order valence-corrected chi connectivity index (χ0v) is 7.27. The monoisotopic (exact) mass is 169 g/mol. The highest BCUT2D eigenvalue weighted by Gasteiger charge is 1.90. The van der Waals surface area contributed by atoms with E-state index in [0.29, 0.717) is 0 Å². The molecule has 1 rings (SSSR count). The summed E-state index contributed by atoms with van der Waals surface area (Å²) < 4.78 is 3.87. The summed E-state index contributed by atoms with van der Waals surface area (Å²) in [5.41, 5.74) is 0. The van der Waals surface area contributed by atoms with Crippen LogP contribution in [0.5, 0.6) is 0 Å². The molecule has 1 heterocycles. The first kappa shape index (κ1) is 8.20. The highest BCUT2D eigenvalue weighted by molar-refractivity contribution is 7.09. The molecular formula is C7H11N3S. The Kier molecular flexibility index (Phi) is 3.61. The molecule has 60 valence electrons. The van der Waals surface area contributed by atoms with Crippen molar-refractivity contribution in [2.75, 3.05) is 11.9 Å². The minimum absolute atomic E-state index is 0.898. The smallest absolute Gasteiger partial charge is 0.202 e. The Morgan fingerprint density at radius 3 is 3.27 bits per heavy atom. The van der Waals surface area contributed by atoms with Gasteiger partial charge in [-0.15, -0.1) is 0 Å². The van der Waals surface area contributed by atoms with Gasteiger partial charge in [0, 0.05) is 18.1 Å². The first-order valence-electron chi connectivity index (χ1n) is 3.55. The molecule has 1 aromatic heterocycles. The molecule has 0 bridgehead atoms. The van der Waals surface area contributed by atoms with Crippen LogP contribution in [-0.2, 0) is 0 Å². The Hall–Kier alpha value is -0.900. The molecule has 1 aromatic rings. The van der Waals surface area contributed by atoms with Gasteiger partial charge in [-0.3, -0.25) is 0 Å². The zero-order valence-electron chi connectivity index (χ0n) is 6.45. The van der Waals surface area contributed by atoms with Gasteiger partial charge in [-0.05, 0) is 13.3 Å². The van der Waals surface area contributed by atoms with Gasteiger partial charge >= 0.3 is 0 Å². The molecule has 0 spiro atoms. The van der Waals surface area contributed by atoms with Crippen molar-refractivity contribution in [3.63, 3.8) is 0 Å². The average molecular weight is 169 g/mol. The SMILES string of the molecule is C/C=C/CCNc1ncns1. The van der Waals surface area contributed by atoms with Crippen molar-refractivity contribution in [2.24, 2.45) is 0 Å². The van der Waals surface area contributed by atoms with Gasteiger partial charge in [0.05, 0.1) is 0 Å². The lowest BCUT2D eigenvalue weighted by Crippen LogP contribution is -1.98. The molecule has 0 saturated heterocycles. The third-order valence-corrected chi connectivity index (χ3v) is 1.81. The van der Waals surface area contributed by atoms with Crippen LogP contribution in [0, 0.1) is 0 Å². The summed E-state index contributed by atoms with van der Waals surface area (Å²) in [7, 11) is 0. The van der Waals surface area contributed by atoms with Crippen LogP contribution in [0.2, 0.25) is 0 Å². The Bertz CT molecular complexity index is 205. The maximum Gasteiger partial charge on any atom is 0.202 e. The normalized spacial score (nSPS) is 10.6. The Morgan fingerprint density at radius 2 is 2.64 bits per heavy atom. The van der Waals surface area contributed by atoms with E-state index in [9.17, 15) is 0 Å². The predicted octanol–water partition coefficient (Wildman–Crippen LogP) is 1.92. The number of hydrogen-bond acceptors (Lipinski definition) is 4. The molecule has 0 amide bonds. The molecule has 0 aromatic carbocycles. The van der Waals surface area contributed by atoms with Crippen molar-refractivity contribution >= 4 is 16.7 Å². The van der Waals surface area contributed by atoms with E-state index < -0.39 is 0 Å². The van der Waals surface area contributed by atoms with E-state index in [4.69, 9.17) is 0 Å². The summed E-state index contributed by atoms with van der Waals surface area (Å²) in [6.45, 7) is 2.95. The van der Waals surface area contributed by atoms with Crippen LogP contribution in [0.4, 0.5) is 5.13 Å². The molecule has 4 heteroatoms. The van der Waals surface area contributed by atoms with Gasteiger partial charge in [-0.25, -0.2) is 4.98 Å². The third-order valence-electron chi connectivity index (χ3n) is 1.18. The minimum atomic E-state index is 0.898. The van der Waals surface area contributed by atoms with Gasteiger partial charge in [0.15, 0.2) is 0 Å². The van der Waals surface area contributed by atoms with Crippen LogP contribution in [0.3, 0.4) is 0 Å². The summed E-state index contributed by atoms with van der Waals surface area (Å²) in [5.74, 6) is 0. The number of allylic oxidation sites excluding steroid dienone is 1. The van der Waals surface area contributed by atoms with Crippen molar-refractivity contribution in [1.29, 1.82) is 0 Å². The number of hydrogen-bond donors (Lipinski definition) is 1. The summed E-state index contributed by atoms with van der Waals surface area (Å²) in [5, 5.41) is 4.05. The highest BCUT2D eigenvalue weighted by atomic mass is 32.1. The van der Waals surface area contributed by atoms with Crippen molar-refractivity contribution in [3.05, 3.63) is 18.5 Å². The fourth-order valence-corrected chi connectivity index (χ4v) is 1.14. The van der Waals surface area contributed by atoms with Gasteiger partial charge in [-0.1, -0.05) is 12.2 Å². The van der Waals surface area contributed by atoms with Gasteiger partial charge in [0.25, 0.3) is 0 Å². The summed E-state index contributed by atoms with van der Waals surface area (Å²) in [6.07, 6.45) is 6.76. The maximum absolute atomic E-state index is 3.99. The van der Waals surface area contributed by atoms with Crippen molar-refractivity contribution < 1.29 is 0 Å². The predicted molar refractivity (Wildman–Crippen MR) is 47.8 cm³/mol.